The van der Waals surface area contributed by atoms with E-state index in [0.29, 0.717) is 25.2 Å². The third-order valence-electron chi connectivity index (χ3n) is 4.50. The molecule has 2 heterocycles. The van der Waals surface area contributed by atoms with Crippen molar-refractivity contribution in [2.24, 2.45) is 0 Å². The minimum atomic E-state index is -3.45. The van der Waals surface area contributed by atoms with Crippen LogP contribution in [0.15, 0.2) is 47.5 Å². The van der Waals surface area contributed by atoms with E-state index in [1.54, 1.807) is 34.6 Å². The Morgan fingerprint density at radius 2 is 1.84 bits per heavy atom. The normalized spacial score (nSPS) is 15.9. The van der Waals surface area contributed by atoms with E-state index in [1.807, 2.05) is 11.9 Å². The molecule has 1 fully saturated rings. The second kappa shape index (κ2) is 7.49. The largest absolute Gasteiger partial charge is 0.274 e. The van der Waals surface area contributed by atoms with Crippen molar-refractivity contribution in [1.82, 2.24) is 4.31 Å². The molecule has 25 heavy (non-hydrogen) atoms. The highest BCUT2D eigenvalue weighted by Crippen LogP contribution is 2.20. The summed E-state index contributed by atoms with van der Waals surface area (Å²) in [7, 11) is -1.62. The molecular weight excluding hydrogens is 341 g/mol. The number of H-pyrrole nitrogens is 1. The van der Waals surface area contributed by atoms with Gasteiger partial charge >= 0.3 is 0 Å². The summed E-state index contributed by atoms with van der Waals surface area (Å²) in [6.45, 7) is 1.55. The molecule has 0 saturated carbocycles. The van der Waals surface area contributed by atoms with Crippen LogP contribution >= 0.6 is 0 Å². The summed E-state index contributed by atoms with van der Waals surface area (Å²) in [6.07, 6.45) is 4.41. The van der Waals surface area contributed by atoms with Crippen molar-refractivity contribution in [1.29, 1.82) is 0 Å². The molecule has 0 radical (unpaired) electrons. The zero-order valence-corrected chi connectivity index (χ0v) is 15.1. The number of sulfonamides is 1. The smallest absolute Gasteiger partial charge is 0.260 e. The maximum Gasteiger partial charge on any atom is 0.274 e. The van der Waals surface area contributed by atoms with Gasteiger partial charge in [0.25, 0.3) is 5.82 Å². The molecule has 1 aromatic carbocycles. The van der Waals surface area contributed by atoms with Crippen molar-refractivity contribution in [3.05, 3.63) is 54.0 Å². The van der Waals surface area contributed by atoms with Crippen LogP contribution in [-0.4, -0.2) is 32.9 Å². The van der Waals surface area contributed by atoms with Crippen LogP contribution < -0.4 is 9.88 Å². The lowest BCUT2D eigenvalue weighted by atomic mass is 10.2. The summed E-state index contributed by atoms with van der Waals surface area (Å²) in [6, 6.07) is 9.95. The maximum atomic E-state index is 13.8. The van der Waals surface area contributed by atoms with Crippen LogP contribution in [0.4, 0.5) is 10.2 Å². The van der Waals surface area contributed by atoms with Gasteiger partial charge in [0.1, 0.15) is 23.5 Å². The van der Waals surface area contributed by atoms with Crippen LogP contribution in [0.25, 0.3) is 0 Å². The van der Waals surface area contributed by atoms with Crippen LogP contribution in [0, 0.1) is 5.82 Å². The molecule has 1 N–H and O–H groups in total. The number of benzene rings is 1. The number of aromatic amines is 1. The molecule has 1 saturated heterocycles. The van der Waals surface area contributed by atoms with Crippen molar-refractivity contribution in [3.8, 4) is 0 Å². The molecule has 0 atom stereocenters. The number of anilines is 1. The molecule has 0 bridgehead atoms. The molecule has 1 aromatic heterocycles. The molecule has 7 heteroatoms. The number of hydrogen-bond acceptors (Lipinski definition) is 3. The molecule has 1 aliphatic heterocycles. The summed E-state index contributed by atoms with van der Waals surface area (Å²) >= 11 is 0. The molecule has 1 aliphatic rings. The standard InChI is InChI=1S/C18H22FN3O2S/c1-21(14-15-7-3-4-8-17(15)19)18-10-9-16(13-20-18)25(23,24)22-11-5-2-6-12-22/h3-4,7-10,13H,2,5-6,11-12,14H2,1H3/p+1. The number of nitrogens with one attached hydrogen (secondary N) is 1. The molecule has 5 nitrogen and oxygen atoms in total. The summed E-state index contributed by atoms with van der Waals surface area (Å²) in [4.78, 5) is 5.12. The van der Waals surface area contributed by atoms with Gasteiger partial charge in [0, 0.05) is 24.7 Å². The van der Waals surface area contributed by atoms with E-state index in [-0.39, 0.29) is 10.7 Å². The summed E-state index contributed by atoms with van der Waals surface area (Å²) in [5.74, 6) is 0.472. The fourth-order valence-corrected chi connectivity index (χ4v) is 4.51. The third kappa shape index (κ3) is 3.99. The Labute approximate surface area is 148 Å². The van der Waals surface area contributed by atoms with E-state index < -0.39 is 10.0 Å². The highest BCUT2D eigenvalue weighted by Gasteiger charge is 2.27. The van der Waals surface area contributed by atoms with Gasteiger partial charge in [-0.25, -0.2) is 17.8 Å². The zero-order valence-electron chi connectivity index (χ0n) is 14.3. The number of halogens is 1. The summed E-state index contributed by atoms with van der Waals surface area (Å²) in [5, 5.41) is 0. The average molecular weight is 364 g/mol. The lowest BCUT2D eigenvalue weighted by Crippen LogP contribution is -2.36. The second-order valence-electron chi connectivity index (χ2n) is 6.32. The summed E-state index contributed by atoms with van der Waals surface area (Å²) in [5.41, 5.74) is 0.586. The molecule has 2 aromatic rings. The Hall–Kier alpha value is -1.99. The van der Waals surface area contributed by atoms with Gasteiger partial charge in [0.05, 0.1) is 7.05 Å². The number of nitrogens with zero attached hydrogens (tertiary/aromatic N) is 2. The maximum absolute atomic E-state index is 13.8. The number of piperidine rings is 1. The first-order valence-electron chi connectivity index (χ1n) is 8.45. The van der Waals surface area contributed by atoms with Crippen molar-refractivity contribution in [2.45, 2.75) is 30.7 Å². The predicted molar refractivity (Wildman–Crippen MR) is 94.1 cm³/mol. The van der Waals surface area contributed by atoms with Gasteiger partial charge in [0.2, 0.25) is 10.0 Å². The van der Waals surface area contributed by atoms with Crippen molar-refractivity contribution in [2.75, 3.05) is 25.0 Å². The van der Waals surface area contributed by atoms with Crippen LogP contribution in [0.3, 0.4) is 0 Å². The van der Waals surface area contributed by atoms with Gasteiger partial charge in [-0.1, -0.05) is 24.6 Å². The molecule has 0 unspecified atom stereocenters. The third-order valence-corrected chi connectivity index (χ3v) is 6.39. The number of rotatable bonds is 5. The Morgan fingerprint density at radius 3 is 2.48 bits per heavy atom. The molecular formula is C18H23FN3O2S+. The van der Waals surface area contributed by atoms with E-state index in [1.165, 1.54) is 12.3 Å². The minimum Gasteiger partial charge on any atom is -0.260 e. The van der Waals surface area contributed by atoms with E-state index in [0.717, 1.165) is 25.1 Å². The van der Waals surface area contributed by atoms with Crippen molar-refractivity contribution in [3.63, 3.8) is 0 Å². The van der Waals surface area contributed by atoms with Crippen LogP contribution in [-0.2, 0) is 16.6 Å². The van der Waals surface area contributed by atoms with E-state index in [4.69, 9.17) is 0 Å². The lowest BCUT2D eigenvalue weighted by molar-refractivity contribution is -0.367. The van der Waals surface area contributed by atoms with E-state index in [9.17, 15) is 12.8 Å². The van der Waals surface area contributed by atoms with Crippen LogP contribution in [0.1, 0.15) is 24.8 Å². The van der Waals surface area contributed by atoms with Gasteiger partial charge in [-0.2, -0.15) is 4.31 Å². The lowest BCUT2D eigenvalue weighted by Gasteiger charge is -2.25. The Bertz CT molecular complexity index is 818. The first-order chi connectivity index (χ1) is 12.0. The quantitative estimate of drug-likeness (QED) is 0.819. The molecule has 0 aliphatic carbocycles. The Kier molecular flexibility index (Phi) is 5.34. The monoisotopic (exact) mass is 364 g/mol. The minimum absolute atomic E-state index is 0.251. The fraction of sp³-hybridized carbons (Fsp3) is 0.389. The second-order valence-corrected chi connectivity index (χ2v) is 8.26. The highest BCUT2D eigenvalue weighted by molar-refractivity contribution is 7.89. The summed E-state index contributed by atoms with van der Waals surface area (Å²) < 4.78 is 40.6. The van der Waals surface area contributed by atoms with E-state index in [2.05, 4.69) is 4.98 Å². The zero-order chi connectivity index (χ0) is 17.9. The van der Waals surface area contributed by atoms with Crippen LogP contribution in [0.2, 0.25) is 0 Å². The number of pyridine rings is 1. The highest BCUT2D eigenvalue weighted by atomic mass is 32.2. The fourth-order valence-electron chi connectivity index (χ4n) is 3.02. The first-order valence-corrected chi connectivity index (χ1v) is 9.89. The average Bonchev–Trinajstić information content (AvgIpc) is 2.64. The molecule has 0 amide bonds. The SMILES string of the molecule is CN(Cc1ccccc1F)c1ccc(S(=O)(=O)N2CCCCC2)c[nH+]1. The van der Waals surface area contributed by atoms with Gasteiger partial charge in [-0.05, 0) is 25.0 Å². The van der Waals surface area contributed by atoms with Crippen LogP contribution in [0.5, 0.6) is 0 Å². The topological polar surface area (TPSA) is 54.8 Å². The molecule has 0 spiro atoms. The number of aromatic nitrogens is 1. The molecule has 134 valence electrons. The van der Waals surface area contributed by atoms with Gasteiger partial charge in [0.15, 0.2) is 0 Å². The Balaban J connectivity index is 1.74. The van der Waals surface area contributed by atoms with Gasteiger partial charge in [-0.3, -0.25) is 4.90 Å². The van der Waals surface area contributed by atoms with E-state index >= 15 is 0 Å². The first kappa shape index (κ1) is 17.8. The van der Waals surface area contributed by atoms with Crippen molar-refractivity contribution < 1.29 is 17.8 Å². The van der Waals surface area contributed by atoms with Gasteiger partial charge < -0.3 is 0 Å². The number of hydrogen-bond donors (Lipinski definition) is 0. The predicted octanol–water partition coefficient (Wildman–Crippen LogP) is 2.45. The van der Waals surface area contributed by atoms with Gasteiger partial charge in [-0.15, -0.1) is 0 Å². The van der Waals surface area contributed by atoms with Crippen molar-refractivity contribution >= 4 is 15.8 Å². The molecule has 3 rings (SSSR count). The Morgan fingerprint density at radius 1 is 1.12 bits per heavy atom.